The summed E-state index contributed by atoms with van der Waals surface area (Å²) in [5, 5.41) is 5.46. The lowest BCUT2D eigenvalue weighted by Crippen LogP contribution is -2.12. The number of amides is 2. The average Bonchev–Trinajstić information content (AvgIpc) is 2.37. The molecule has 0 unspecified atom stereocenters. The molecule has 2 amide bonds. The number of rotatable bonds is 6. The number of nitrogens with one attached hydrogen (secondary N) is 2. The molecule has 1 rings (SSSR count). The Balaban J connectivity index is 2.76. The number of anilines is 2. The highest BCUT2D eigenvalue weighted by molar-refractivity contribution is 5.93. The first-order valence-electron chi connectivity index (χ1n) is 6.32. The molecule has 0 aromatic heterocycles. The summed E-state index contributed by atoms with van der Waals surface area (Å²) in [5.74, 6) is 0.331. The second kappa shape index (κ2) is 7.41. The van der Waals surface area contributed by atoms with Crippen molar-refractivity contribution >= 4 is 23.2 Å². The number of methoxy groups -OCH3 is 1. The molecule has 1 aromatic carbocycles. The summed E-state index contributed by atoms with van der Waals surface area (Å²) in [6.07, 6.45) is 2.36. The largest absolute Gasteiger partial charge is 0.494 e. The third-order valence-corrected chi connectivity index (χ3v) is 2.55. The molecule has 0 fully saturated rings. The fourth-order valence-corrected chi connectivity index (χ4v) is 1.62. The molecule has 0 aliphatic heterocycles. The predicted molar refractivity (Wildman–Crippen MR) is 75.5 cm³/mol. The van der Waals surface area contributed by atoms with Crippen LogP contribution in [0.5, 0.6) is 5.75 Å². The topological polar surface area (TPSA) is 67.4 Å². The fraction of sp³-hybridized carbons (Fsp3) is 0.429. The van der Waals surface area contributed by atoms with Crippen LogP contribution in [0.2, 0.25) is 0 Å². The SMILES string of the molecule is CCCCC(=O)Nc1ccc(NC(C)=O)c(OC)c1. The van der Waals surface area contributed by atoms with Crippen LogP contribution in [0.15, 0.2) is 18.2 Å². The van der Waals surface area contributed by atoms with Crippen LogP contribution in [0.1, 0.15) is 33.1 Å². The lowest BCUT2D eigenvalue weighted by Gasteiger charge is -2.11. The molecular formula is C14H20N2O3. The zero-order chi connectivity index (χ0) is 14.3. The number of hydrogen-bond donors (Lipinski definition) is 2. The highest BCUT2D eigenvalue weighted by Gasteiger charge is 2.07. The van der Waals surface area contributed by atoms with Crippen molar-refractivity contribution < 1.29 is 14.3 Å². The van der Waals surface area contributed by atoms with E-state index in [2.05, 4.69) is 10.6 Å². The Morgan fingerprint density at radius 3 is 2.58 bits per heavy atom. The van der Waals surface area contributed by atoms with Crippen molar-refractivity contribution in [1.29, 1.82) is 0 Å². The van der Waals surface area contributed by atoms with Gasteiger partial charge in [-0.15, -0.1) is 0 Å². The normalized spacial score (nSPS) is 9.84. The summed E-state index contributed by atoms with van der Waals surface area (Å²) in [5.41, 5.74) is 1.24. The molecule has 0 spiro atoms. The third kappa shape index (κ3) is 4.99. The quantitative estimate of drug-likeness (QED) is 0.830. The van der Waals surface area contributed by atoms with E-state index in [1.165, 1.54) is 14.0 Å². The summed E-state index contributed by atoms with van der Waals surface area (Å²) in [7, 11) is 1.52. The van der Waals surface area contributed by atoms with Gasteiger partial charge in [-0.1, -0.05) is 13.3 Å². The van der Waals surface area contributed by atoms with Gasteiger partial charge in [-0.3, -0.25) is 9.59 Å². The smallest absolute Gasteiger partial charge is 0.224 e. The molecule has 0 atom stereocenters. The molecule has 2 N–H and O–H groups in total. The van der Waals surface area contributed by atoms with Crippen molar-refractivity contribution in [3.8, 4) is 5.75 Å². The third-order valence-electron chi connectivity index (χ3n) is 2.55. The molecule has 1 aromatic rings. The van der Waals surface area contributed by atoms with E-state index in [4.69, 9.17) is 4.74 Å². The summed E-state index contributed by atoms with van der Waals surface area (Å²) >= 11 is 0. The average molecular weight is 264 g/mol. The van der Waals surface area contributed by atoms with E-state index in [1.807, 2.05) is 6.92 Å². The Hall–Kier alpha value is -2.04. The van der Waals surface area contributed by atoms with Crippen molar-refractivity contribution in [2.45, 2.75) is 33.1 Å². The van der Waals surface area contributed by atoms with E-state index in [9.17, 15) is 9.59 Å². The van der Waals surface area contributed by atoms with Crippen molar-refractivity contribution in [2.24, 2.45) is 0 Å². The van der Waals surface area contributed by atoms with Crippen molar-refractivity contribution in [2.75, 3.05) is 17.7 Å². The van der Waals surface area contributed by atoms with Gasteiger partial charge < -0.3 is 15.4 Å². The molecule has 5 heteroatoms. The van der Waals surface area contributed by atoms with Gasteiger partial charge in [-0.05, 0) is 18.6 Å². The van der Waals surface area contributed by atoms with Gasteiger partial charge in [-0.2, -0.15) is 0 Å². The maximum absolute atomic E-state index is 11.6. The van der Waals surface area contributed by atoms with Gasteiger partial charge >= 0.3 is 0 Å². The number of ether oxygens (including phenoxy) is 1. The van der Waals surface area contributed by atoms with Gasteiger partial charge in [0.1, 0.15) is 5.75 Å². The Morgan fingerprint density at radius 2 is 2.00 bits per heavy atom. The minimum absolute atomic E-state index is 0.0174. The van der Waals surface area contributed by atoms with Gasteiger partial charge in [0, 0.05) is 25.1 Å². The van der Waals surface area contributed by atoms with E-state index in [0.29, 0.717) is 23.5 Å². The Labute approximate surface area is 113 Å². The number of carbonyl (C=O) groups excluding carboxylic acids is 2. The van der Waals surface area contributed by atoms with Crippen LogP contribution >= 0.6 is 0 Å². The summed E-state index contributed by atoms with van der Waals surface area (Å²) < 4.78 is 5.18. The molecule has 0 bridgehead atoms. The summed E-state index contributed by atoms with van der Waals surface area (Å²) in [4.78, 5) is 22.6. The molecule has 19 heavy (non-hydrogen) atoms. The molecule has 0 saturated heterocycles. The van der Waals surface area contributed by atoms with Gasteiger partial charge in [0.05, 0.1) is 12.8 Å². The number of benzene rings is 1. The van der Waals surface area contributed by atoms with Gasteiger partial charge in [0.2, 0.25) is 11.8 Å². The maximum atomic E-state index is 11.6. The van der Waals surface area contributed by atoms with Crippen LogP contribution in [0.4, 0.5) is 11.4 Å². The van der Waals surface area contributed by atoms with E-state index in [1.54, 1.807) is 18.2 Å². The van der Waals surface area contributed by atoms with Gasteiger partial charge in [-0.25, -0.2) is 0 Å². The predicted octanol–water partition coefficient (Wildman–Crippen LogP) is 2.78. The standard InChI is InChI=1S/C14H20N2O3/c1-4-5-6-14(18)16-11-7-8-12(15-10(2)17)13(9-11)19-3/h7-9H,4-6H2,1-3H3,(H,15,17)(H,16,18). The highest BCUT2D eigenvalue weighted by Crippen LogP contribution is 2.28. The first-order chi connectivity index (χ1) is 9.06. The van der Waals surface area contributed by atoms with E-state index in [-0.39, 0.29) is 11.8 Å². The molecular weight excluding hydrogens is 244 g/mol. The Kier molecular flexibility index (Phi) is 5.85. The number of hydrogen-bond acceptors (Lipinski definition) is 3. The summed E-state index contributed by atoms with van der Waals surface area (Å²) in [6.45, 7) is 3.47. The van der Waals surface area contributed by atoms with Crippen LogP contribution in [0.25, 0.3) is 0 Å². The van der Waals surface area contributed by atoms with E-state index >= 15 is 0 Å². The molecule has 0 aliphatic carbocycles. The second-order valence-corrected chi connectivity index (χ2v) is 4.25. The van der Waals surface area contributed by atoms with Crippen LogP contribution < -0.4 is 15.4 Å². The first kappa shape index (κ1) is 15.0. The first-order valence-corrected chi connectivity index (χ1v) is 6.32. The molecule has 0 heterocycles. The van der Waals surface area contributed by atoms with Gasteiger partial charge in [0.15, 0.2) is 0 Å². The highest BCUT2D eigenvalue weighted by atomic mass is 16.5. The zero-order valence-corrected chi connectivity index (χ0v) is 11.6. The number of unbranched alkanes of at least 4 members (excludes halogenated alkanes) is 1. The molecule has 5 nitrogen and oxygen atoms in total. The molecule has 0 saturated carbocycles. The van der Waals surface area contributed by atoms with Crippen LogP contribution in [0.3, 0.4) is 0 Å². The minimum Gasteiger partial charge on any atom is -0.494 e. The van der Waals surface area contributed by atoms with Gasteiger partial charge in [0.25, 0.3) is 0 Å². The van der Waals surface area contributed by atoms with Crippen LogP contribution in [-0.4, -0.2) is 18.9 Å². The monoisotopic (exact) mass is 264 g/mol. The van der Waals surface area contributed by atoms with E-state index in [0.717, 1.165) is 12.8 Å². The van der Waals surface area contributed by atoms with Crippen molar-refractivity contribution in [1.82, 2.24) is 0 Å². The van der Waals surface area contributed by atoms with Crippen molar-refractivity contribution in [3.63, 3.8) is 0 Å². The Morgan fingerprint density at radius 1 is 1.26 bits per heavy atom. The maximum Gasteiger partial charge on any atom is 0.224 e. The molecule has 0 aliphatic rings. The Bertz CT molecular complexity index is 458. The second-order valence-electron chi connectivity index (χ2n) is 4.25. The molecule has 104 valence electrons. The molecule has 0 radical (unpaired) electrons. The van der Waals surface area contributed by atoms with Crippen LogP contribution in [-0.2, 0) is 9.59 Å². The zero-order valence-electron chi connectivity index (χ0n) is 11.6. The fourth-order valence-electron chi connectivity index (χ4n) is 1.62. The lowest BCUT2D eigenvalue weighted by atomic mass is 10.2. The lowest BCUT2D eigenvalue weighted by molar-refractivity contribution is -0.116. The number of carbonyl (C=O) groups is 2. The minimum atomic E-state index is -0.168. The summed E-state index contributed by atoms with van der Waals surface area (Å²) in [6, 6.07) is 5.13. The van der Waals surface area contributed by atoms with Crippen LogP contribution in [0, 0.1) is 0 Å². The van der Waals surface area contributed by atoms with Crippen molar-refractivity contribution in [3.05, 3.63) is 18.2 Å². The van der Waals surface area contributed by atoms with E-state index < -0.39 is 0 Å².